The number of rotatable bonds is 9. The molecule has 0 fully saturated rings. The highest BCUT2D eigenvalue weighted by Gasteiger charge is 2.09. The Bertz CT molecular complexity index is 1080. The van der Waals surface area contributed by atoms with Gasteiger partial charge in [-0.25, -0.2) is 9.97 Å². The Labute approximate surface area is 180 Å². The number of carbonyl (C=O) groups excluding carboxylic acids is 1. The van der Waals surface area contributed by atoms with E-state index in [0.717, 1.165) is 18.7 Å². The van der Waals surface area contributed by atoms with Crippen LogP contribution in [0.2, 0.25) is 0 Å². The maximum Gasteiger partial charge on any atom is 0.321 e. The normalized spacial score (nSPS) is 10.5. The largest absolute Gasteiger partial charge is 0.494 e. The molecule has 0 unspecified atom stereocenters. The lowest BCUT2D eigenvalue weighted by Gasteiger charge is -2.09. The third-order valence-electron chi connectivity index (χ3n) is 4.45. The van der Waals surface area contributed by atoms with E-state index in [1.54, 1.807) is 24.3 Å². The summed E-state index contributed by atoms with van der Waals surface area (Å²) in [4.78, 5) is 20.6. The molecule has 31 heavy (non-hydrogen) atoms. The van der Waals surface area contributed by atoms with Gasteiger partial charge in [0.15, 0.2) is 0 Å². The first kappa shape index (κ1) is 20.2. The number of hydrogen-bond donors (Lipinski definition) is 1. The third kappa shape index (κ3) is 5.93. The van der Waals surface area contributed by atoms with Crippen LogP contribution < -0.4 is 14.8 Å². The molecule has 0 saturated heterocycles. The van der Waals surface area contributed by atoms with Crippen molar-refractivity contribution in [3.8, 4) is 17.5 Å². The first-order valence-corrected chi connectivity index (χ1v) is 9.96. The molecule has 2 aromatic heterocycles. The van der Waals surface area contributed by atoms with Crippen LogP contribution in [0.25, 0.3) is 0 Å². The van der Waals surface area contributed by atoms with Gasteiger partial charge in [0, 0.05) is 37.0 Å². The Kier molecular flexibility index (Phi) is 6.54. The van der Waals surface area contributed by atoms with E-state index in [1.165, 1.54) is 12.4 Å². The molecule has 156 valence electrons. The zero-order valence-electron chi connectivity index (χ0n) is 16.8. The van der Waals surface area contributed by atoms with Crippen molar-refractivity contribution >= 4 is 11.6 Å². The van der Waals surface area contributed by atoms with Crippen LogP contribution >= 0.6 is 0 Å². The average molecular weight is 414 g/mol. The minimum absolute atomic E-state index is 0.182. The van der Waals surface area contributed by atoms with Gasteiger partial charge in [-0.1, -0.05) is 18.2 Å². The van der Waals surface area contributed by atoms with Crippen molar-refractivity contribution in [2.45, 2.75) is 13.0 Å². The van der Waals surface area contributed by atoms with Crippen LogP contribution in [-0.4, -0.2) is 27.0 Å². The maximum atomic E-state index is 12.4. The van der Waals surface area contributed by atoms with E-state index in [4.69, 9.17) is 9.47 Å². The summed E-state index contributed by atoms with van der Waals surface area (Å²) in [6, 6.07) is 20.7. The molecule has 4 rings (SSSR count). The predicted molar refractivity (Wildman–Crippen MR) is 117 cm³/mol. The number of nitrogens with zero attached hydrogens (tertiary/aromatic N) is 3. The molecular weight excluding hydrogens is 392 g/mol. The Morgan fingerprint density at radius 1 is 0.871 bits per heavy atom. The lowest BCUT2D eigenvalue weighted by atomic mass is 10.2. The second-order valence-electron chi connectivity index (χ2n) is 6.77. The molecule has 0 aliphatic rings. The van der Waals surface area contributed by atoms with Crippen LogP contribution in [0.3, 0.4) is 0 Å². The molecule has 0 atom stereocenters. The van der Waals surface area contributed by atoms with Gasteiger partial charge in [-0.2, -0.15) is 0 Å². The molecule has 2 heterocycles. The van der Waals surface area contributed by atoms with Crippen LogP contribution in [0.15, 0.2) is 91.5 Å². The van der Waals surface area contributed by atoms with E-state index in [1.807, 2.05) is 54.9 Å². The van der Waals surface area contributed by atoms with Gasteiger partial charge < -0.3 is 19.4 Å². The first-order valence-electron chi connectivity index (χ1n) is 9.96. The summed E-state index contributed by atoms with van der Waals surface area (Å²) in [5, 5.41) is 2.82. The Morgan fingerprint density at radius 2 is 1.58 bits per heavy atom. The molecule has 0 saturated carbocycles. The minimum Gasteiger partial charge on any atom is -0.494 e. The second kappa shape index (κ2) is 10.1. The summed E-state index contributed by atoms with van der Waals surface area (Å²) in [6.45, 7) is 1.54. The van der Waals surface area contributed by atoms with E-state index in [2.05, 4.69) is 19.9 Å². The number of benzene rings is 2. The highest BCUT2D eigenvalue weighted by Crippen LogP contribution is 2.18. The average Bonchev–Trinajstić information content (AvgIpc) is 3.33. The van der Waals surface area contributed by atoms with Crippen LogP contribution in [0.4, 0.5) is 5.69 Å². The summed E-state index contributed by atoms with van der Waals surface area (Å²) in [6.07, 6.45) is 7.85. The smallest absolute Gasteiger partial charge is 0.321 e. The Balaban J connectivity index is 1.25. The quantitative estimate of drug-likeness (QED) is 0.398. The maximum absolute atomic E-state index is 12.4. The van der Waals surface area contributed by atoms with Crippen molar-refractivity contribution in [1.29, 1.82) is 0 Å². The molecule has 0 aliphatic heterocycles. The lowest BCUT2D eigenvalue weighted by molar-refractivity contribution is 0.102. The summed E-state index contributed by atoms with van der Waals surface area (Å²) in [5.74, 6) is 1.09. The third-order valence-corrected chi connectivity index (χ3v) is 4.45. The molecular formula is C24H22N4O3. The monoisotopic (exact) mass is 414 g/mol. The molecule has 1 N–H and O–H groups in total. The molecule has 4 aromatic rings. The number of ether oxygens (including phenoxy) is 2. The van der Waals surface area contributed by atoms with Crippen LogP contribution in [-0.2, 0) is 6.54 Å². The molecule has 0 spiro atoms. The summed E-state index contributed by atoms with van der Waals surface area (Å²) in [5.41, 5.74) is 1.00. The summed E-state index contributed by atoms with van der Waals surface area (Å²) < 4.78 is 13.4. The van der Waals surface area contributed by atoms with E-state index in [0.29, 0.717) is 23.6 Å². The number of nitrogens with one attached hydrogen (secondary N) is 1. The fourth-order valence-electron chi connectivity index (χ4n) is 2.87. The molecule has 1 amide bonds. The SMILES string of the molecule is O=C(Nc1ccc(OCCCn2cccc2)cc1)c1cnc(Oc2ccccc2)nc1. The molecule has 0 aliphatic carbocycles. The van der Waals surface area contributed by atoms with Gasteiger partial charge in [0.2, 0.25) is 0 Å². The summed E-state index contributed by atoms with van der Waals surface area (Å²) in [7, 11) is 0. The van der Waals surface area contributed by atoms with E-state index in [9.17, 15) is 4.79 Å². The van der Waals surface area contributed by atoms with E-state index >= 15 is 0 Å². The number of aryl methyl sites for hydroxylation is 1. The van der Waals surface area contributed by atoms with Crippen molar-refractivity contribution in [2.24, 2.45) is 0 Å². The van der Waals surface area contributed by atoms with Gasteiger partial charge in [-0.3, -0.25) is 4.79 Å². The second-order valence-corrected chi connectivity index (χ2v) is 6.77. The fraction of sp³-hybridized carbons (Fsp3) is 0.125. The van der Waals surface area contributed by atoms with Gasteiger partial charge in [0.1, 0.15) is 11.5 Å². The van der Waals surface area contributed by atoms with Crippen molar-refractivity contribution in [3.63, 3.8) is 0 Å². The van der Waals surface area contributed by atoms with Crippen LogP contribution in [0.5, 0.6) is 17.5 Å². The number of hydrogen-bond acceptors (Lipinski definition) is 5. The van der Waals surface area contributed by atoms with E-state index in [-0.39, 0.29) is 11.9 Å². The molecule has 7 nitrogen and oxygen atoms in total. The van der Waals surface area contributed by atoms with Crippen molar-refractivity contribution < 1.29 is 14.3 Å². The first-order chi connectivity index (χ1) is 15.3. The fourth-order valence-corrected chi connectivity index (χ4v) is 2.87. The Hall–Kier alpha value is -4.13. The van der Waals surface area contributed by atoms with Crippen LogP contribution in [0.1, 0.15) is 16.8 Å². The number of aromatic nitrogens is 3. The molecule has 0 bridgehead atoms. The zero-order chi connectivity index (χ0) is 21.3. The number of para-hydroxylation sites is 1. The van der Waals surface area contributed by atoms with Gasteiger partial charge in [0.05, 0.1) is 12.2 Å². The van der Waals surface area contributed by atoms with Gasteiger partial charge in [0.25, 0.3) is 5.91 Å². The predicted octanol–water partition coefficient (Wildman–Crippen LogP) is 4.79. The topological polar surface area (TPSA) is 78.3 Å². The minimum atomic E-state index is -0.299. The van der Waals surface area contributed by atoms with Gasteiger partial charge in [-0.05, 0) is 55.0 Å². The standard InChI is InChI=1S/C24H22N4O3/c29-23(19-17-25-24(26-18-19)31-22-7-2-1-3-8-22)27-20-9-11-21(12-10-20)30-16-6-15-28-13-4-5-14-28/h1-5,7-14,17-18H,6,15-16H2,(H,27,29). The van der Waals surface area contributed by atoms with Crippen LogP contribution in [0, 0.1) is 0 Å². The summed E-state index contributed by atoms with van der Waals surface area (Å²) >= 11 is 0. The van der Waals surface area contributed by atoms with E-state index < -0.39 is 0 Å². The number of amides is 1. The highest BCUT2D eigenvalue weighted by atomic mass is 16.5. The lowest BCUT2D eigenvalue weighted by Crippen LogP contribution is -2.12. The molecule has 0 radical (unpaired) electrons. The van der Waals surface area contributed by atoms with Crippen molar-refractivity contribution in [1.82, 2.24) is 14.5 Å². The number of carbonyl (C=O) groups is 1. The molecule has 7 heteroatoms. The highest BCUT2D eigenvalue weighted by molar-refractivity contribution is 6.03. The van der Waals surface area contributed by atoms with Gasteiger partial charge in [-0.15, -0.1) is 0 Å². The van der Waals surface area contributed by atoms with Gasteiger partial charge >= 0.3 is 6.01 Å². The zero-order valence-corrected chi connectivity index (χ0v) is 16.8. The van der Waals surface area contributed by atoms with Crippen molar-refractivity contribution in [3.05, 3.63) is 97.1 Å². The molecule has 2 aromatic carbocycles. The van der Waals surface area contributed by atoms with Crippen molar-refractivity contribution in [2.75, 3.05) is 11.9 Å². The number of anilines is 1. The Morgan fingerprint density at radius 3 is 2.29 bits per heavy atom.